The standard InChI is InChI=1S/C21H28N2O/c1-2-3-15-21(24)23(17-18-10-5-4-6-11-18)20-14-8-7-12-19(20)13-9-16-22/h4-6,10-11,14,19H,2-3,7-9,12-13,15,17H2,1H3. The zero-order chi connectivity index (χ0) is 17.2. The molecule has 0 bridgehead atoms. The van der Waals surface area contributed by atoms with Gasteiger partial charge in [0.05, 0.1) is 12.6 Å². The minimum atomic E-state index is 0.218. The van der Waals surface area contributed by atoms with E-state index in [0.717, 1.165) is 49.8 Å². The average Bonchev–Trinajstić information content (AvgIpc) is 2.63. The topological polar surface area (TPSA) is 44.1 Å². The molecule has 1 aliphatic carbocycles. The van der Waals surface area contributed by atoms with E-state index < -0.39 is 0 Å². The summed E-state index contributed by atoms with van der Waals surface area (Å²) in [5, 5.41) is 8.93. The number of nitrogens with zero attached hydrogens (tertiary/aromatic N) is 2. The fourth-order valence-corrected chi connectivity index (χ4v) is 3.34. The Hall–Kier alpha value is -2.08. The molecule has 3 heteroatoms. The SMILES string of the molecule is CCCCC(=O)N(Cc1ccccc1)C1=CCCCC1CCC#N. The van der Waals surface area contributed by atoms with E-state index in [9.17, 15) is 4.79 Å². The van der Waals surface area contributed by atoms with E-state index in [-0.39, 0.29) is 5.91 Å². The summed E-state index contributed by atoms with van der Waals surface area (Å²) in [5.74, 6) is 0.559. The van der Waals surface area contributed by atoms with Gasteiger partial charge in [0.15, 0.2) is 0 Å². The number of rotatable bonds is 8. The van der Waals surface area contributed by atoms with Crippen molar-refractivity contribution in [1.82, 2.24) is 4.90 Å². The van der Waals surface area contributed by atoms with E-state index in [1.54, 1.807) is 0 Å². The molecule has 0 fully saturated rings. The van der Waals surface area contributed by atoms with Crippen LogP contribution in [0.4, 0.5) is 0 Å². The Balaban J connectivity index is 2.21. The van der Waals surface area contributed by atoms with E-state index in [2.05, 4.69) is 31.2 Å². The van der Waals surface area contributed by atoms with Crippen molar-refractivity contribution in [2.75, 3.05) is 0 Å². The van der Waals surface area contributed by atoms with Crippen LogP contribution in [0.15, 0.2) is 42.1 Å². The third-order valence-electron chi connectivity index (χ3n) is 4.67. The Bertz CT molecular complexity index is 586. The molecule has 1 aromatic rings. The summed E-state index contributed by atoms with van der Waals surface area (Å²) < 4.78 is 0. The Morgan fingerprint density at radius 2 is 2.12 bits per heavy atom. The van der Waals surface area contributed by atoms with Gasteiger partial charge in [-0.25, -0.2) is 0 Å². The molecule has 0 saturated heterocycles. The lowest BCUT2D eigenvalue weighted by Gasteiger charge is -2.33. The van der Waals surface area contributed by atoms with Crippen LogP contribution in [-0.2, 0) is 11.3 Å². The van der Waals surface area contributed by atoms with Crippen molar-refractivity contribution < 1.29 is 4.79 Å². The Morgan fingerprint density at radius 1 is 1.33 bits per heavy atom. The molecule has 1 atom stereocenters. The normalized spacial score (nSPS) is 17.0. The molecule has 1 unspecified atom stereocenters. The van der Waals surface area contributed by atoms with Crippen molar-refractivity contribution in [3.63, 3.8) is 0 Å². The molecule has 0 aromatic heterocycles. The zero-order valence-electron chi connectivity index (χ0n) is 14.7. The molecule has 0 aliphatic heterocycles. The summed E-state index contributed by atoms with van der Waals surface area (Å²) in [6.07, 6.45) is 9.48. The van der Waals surface area contributed by atoms with Crippen LogP contribution in [0.3, 0.4) is 0 Å². The van der Waals surface area contributed by atoms with Crippen molar-refractivity contribution in [3.05, 3.63) is 47.7 Å². The van der Waals surface area contributed by atoms with E-state index in [4.69, 9.17) is 5.26 Å². The lowest BCUT2D eigenvalue weighted by atomic mass is 9.87. The third kappa shape index (κ3) is 5.23. The average molecular weight is 324 g/mol. The zero-order valence-corrected chi connectivity index (χ0v) is 14.7. The van der Waals surface area contributed by atoms with Gasteiger partial charge in [-0.05, 0) is 43.6 Å². The van der Waals surface area contributed by atoms with Crippen molar-refractivity contribution in [2.24, 2.45) is 5.92 Å². The van der Waals surface area contributed by atoms with Crippen LogP contribution in [0.1, 0.15) is 63.9 Å². The van der Waals surface area contributed by atoms with Gasteiger partial charge in [-0.2, -0.15) is 5.26 Å². The smallest absolute Gasteiger partial charge is 0.227 e. The van der Waals surface area contributed by atoms with Crippen LogP contribution in [0.25, 0.3) is 0 Å². The first-order chi connectivity index (χ1) is 11.8. The maximum atomic E-state index is 12.8. The van der Waals surface area contributed by atoms with E-state index in [1.165, 1.54) is 0 Å². The summed E-state index contributed by atoms with van der Waals surface area (Å²) in [6, 6.07) is 12.5. The number of unbranched alkanes of at least 4 members (excludes halogenated alkanes) is 1. The molecule has 1 aromatic carbocycles. The van der Waals surface area contributed by atoms with Crippen LogP contribution in [0.5, 0.6) is 0 Å². The predicted molar refractivity (Wildman–Crippen MR) is 96.8 cm³/mol. The first-order valence-electron chi connectivity index (χ1n) is 9.17. The highest BCUT2D eigenvalue weighted by atomic mass is 16.2. The van der Waals surface area contributed by atoms with Crippen molar-refractivity contribution >= 4 is 5.91 Å². The minimum Gasteiger partial charge on any atom is -0.312 e. The third-order valence-corrected chi connectivity index (χ3v) is 4.67. The number of carbonyl (C=O) groups excluding carboxylic acids is 1. The highest BCUT2D eigenvalue weighted by Gasteiger charge is 2.26. The largest absolute Gasteiger partial charge is 0.312 e. The molecular formula is C21H28N2O. The van der Waals surface area contributed by atoms with E-state index in [1.807, 2.05) is 23.1 Å². The first-order valence-corrected chi connectivity index (χ1v) is 9.17. The van der Waals surface area contributed by atoms with Crippen LogP contribution in [0, 0.1) is 17.2 Å². The van der Waals surface area contributed by atoms with Gasteiger partial charge in [-0.15, -0.1) is 0 Å². The van der Waals surface area contributed by atoms with Gasteiger partial charge in [-0.3, -0.25) is 4.79 Å². The van der Waals surface area contributed by atoms with E-state index in [0.29, 0.717) is 25.3 Å². The van der Waals surface area contributed by atoms with Gasteiger partial charge < -0.3 is 4.90 Å². The molecule has 24 heavy (non-hydrogen) atoms. The fourth-order valence-electron chi connectivity index (χ4n) is 3.34. The maximum Gasteiger partial charge on any atom is 0.227 e. The van der Waals surface area contributed by atoms with Gasteiger partial charge >= 0.3 is 0 Å². The van der Waals surface area contributed by atoms with Crippen molar-refractivity contribution in [3.8, 4) is 6.07 Å². The lowest BCUT2D eigenvalue weighted by molar-refractivity contribution is -0.130. The predicted octanol–water partition coefficient (Wildman–Crippen LogP) is 5.19. The second kappa shape index (κ2) is 9.93. The number of carbonyl (C=O) groups is 1. The Morgan fingerprint density at radius 3 is 2.83 bits per heavy atom. The van der Waals surface area contributed by atoms with Crippen molar-refractivity contribution in [1.29, 1.82) is 5.26 Å². The quantitative estimate of drug-likeness (QED) is 0.660. The fraction of sp³-hybridized carbons (Fsp3) is 0.524. The monoisotopic (exact) mass is 324 g/mol. The highest BCUT2D eigenvalue weighted by molar-refractivity contribution is 5.78. The van der Waals surface area contributed by atoms with Gasteiger partial charge in [0.25, 0.3) is 0 Å². The van der Waals surface area contributed by atoms with Gasteiger partial charge in [0, 0.05) is 18.5 Å². The van der Waals surface area contributed by atoms with Crippen LogP contribution in [0.2, 0.25) is 0 Å². The molecule has 0 heterocycles. The lowest BCUT2D eigenvalue weighted by Crippen LogP contribution is -2.34. The second-order valence-corrected chi connectivity index (χ2v) is 6.52. The number of allylic oxidation sites excluding steroid dienone is 2. The number of hydrogen-bond acceptors (Lipinski definition) is 2. The molecule has 0 saturated carbocycles. The van der Waals surface area contributed by atoms with Crippen LogP contribution < -0.4 is 0 Å². The molecule has 0 spiro atoms. The molecule has 128 valence electrons. The van der Waals surface area contributed by atoms with E-state index >= 15 is 0 Å². The summed E-state index contributed by atoms with van der Waals surface area (Å²) in [6.45, 7) is 2.75. The minimum absolute atomic E-state index is 0.218. The van der Waals surface area contributed by atoms with Gasteiger partial charge in [0.2, 0.25) is 5.91 Å². The molecule has 0 N–H and O–H groups in total. The molecule has 1 amide bonds. The number of hydrogen-bond donors (Lipinski definition) is 0. The molecular weight excluding hydrogens is 296 g/mol. The highest BCUT2D eigenvalue weighted by Crippen LogP contribution is 2.32. The van der Waals surface area contributed by atoms with Gasteiger partial charge in [-0.1, -0.05) is 49.8 Å². The first kappa shape index (κ1) is 18.3. The summed E-state index contributed by atoms with van der Waals surface area (Å²) in [7, 11) is 0. The summed E-state index contributed by atoms with van der Waals surface area (Å²) in [5.41, 5.74) is 2.31. The Kier molecular flexibility index (Phi) is 7.55. The molecule has 3 nitrogen and oxygen atoms in total. The number of benzene rings is 1. The molecule has 2 rings (SSSR count). The second-order valence-electron chi connectivity index (χ2n) is 6.52. The number of nitriles is 1. The summed E-state index contributed by atoms with van der Waals surface area (Å²) in [4.78, 5) is 14.8. The van der Waals surface area contributed by atoms with Crippen LogP contribution >= 0.6 is 0 Å². The summed E-state index contributed by atoms with van der Waals surface area (Å²) >= 11 is 0. The Labute approximate surface area is 146 Å². The molecule has 0 radical (unpaired) electrons. The van der Waals surface area contributed by atoms with Crippen molar-refractivity contribution in [2.45, 2.75) is 64.8 Å². The van der Waals surface area contributed by atoms with Crippen LogP contribution in [-0.4, -0.2) is 10.8 Å². The van der Waals surface area contributed by atoms with Gasteiger partial charge in [0.1, 0.15) is 0 Å². The number of amides is 1. The molecule has 1 aliphatic rings. The maximum absolute atomic E-state index is 12.8.